The second-order valence-electron chi connectivity index (χ2n) is 3.09. The topological polar surface area (TPSA) is 50.8 Å². The fourth-order valence-corrected chi connectivity index (χ4v) is 1.71. The Kier molecular flexibility index (Phi) is 3.89. The van der Waals surface area contributed by atoms with Gasteiger partial charge in [-0.2, -0.15) is 4.98 Å². The van der Waals surface area contributed by atoms with Crippen molar-refractivity contribution in [1.82, 2.24) is 15.2 Å². The number of H-pyrrole nitrogens is 1. The first-order valence-corrected chi connectivity index (χ1v) is 5.28. The van der Waals surface area contributed by atoms with Crippen LogP contribution in [0.15, 0.2) is 0 Å². The molecular weight excluding hydrogens is 202 g/mol. The minimum Gasteiger partial charge on any atom is -0.367 e. The summed E-state index contributed by atoms with van der Waals surface area (Å²) >= 11 is 5.67. The molecule has 0 spiro atoms. The number of nitrogens with one attached hydrogen (secondary N) is 1. The molecule has 0 aliphatic rings. The van der Waals surface area contributed by atoms with Crippen molar-refractivity contribution in [2.75, 3.05) is 6.61 Å². The van der Waals surface area contributed by atoms with Crippen LogP contribution in [-0.2, 0) is 10.3 Å². The summed E-state index contributed by atoms with van der Waals surface area (Å²) in [6, 6.07) is 0. The number of aromatic amines is 1. The van der Waals surface area contributed by atoms with E-state index in [0.29, 0.717) is 12.4 Å². The molecule has 1 aromatic rings. The van der Waals surface area contributed by atoms with E-state index < -0.39 is 0 Å². The third kappa shape index (κ3) is 2.07. The van der Waals surface area contributed by atoms with Crippen LogP contribution in [0.3, 0.4) is 0 Å². The Morgan fingerprint density at radius 1 is 1.36 bits per heavy atom. The van der Waals surface area contributed by atoms with Crippen LogP contribution in [0.5, 0.6) is 0 Å². The Morgan fingerprint density at radius 2 is 2.00 bits per heavy atom. The molecule has 1 heterocycles. The van der Waals surface area contributed by atoms with Crippen molar-refractivity contribution >= 4 is 11.6 Å². The zero-order chi connectivity index (χ0) is 10.6. The Bertz CT molecular complexity index is 283. The van der Waals surface area contributed by atoms with Crippen LogP contribution >= 0.6 is 11.6 Å². The molecule has 14 heavy (non-hydrogen) atoms. The fraction of sp³-hybridized carbons (Fsp3) is 0.778. The fourth-order valence-electron chi connectivity index (χ4n) is 1.58. The molecule has 5 heteroatoms. The van der Waals surface area contributed by atoms with Gasteiger partial charge in [0, 0.05) is 6.61 Å². The molecular formula is C9H16ClN3O. The number of hydrogen-bond donors (Lipinski definition) is 1. The van der Waals surface area contributed by atoms with Crippen LogP contribution in [0, 0.1) is 0 Å². The zero-order valence-corrected chi connectivity index (χ0v) is 9.56. The van der Waals surface area contributed by atoms with Crippen LogP contribution < -0.4 is 0 Å². The van der Waals surface area contributed by atoms with Crippen molar-refractivity contribution in [3.05, 3.63) is 11.1 Å². The van der Waals surface area contributed by atoms with Gasteiger partial charge in [0.15, 0.2) is 5.82 Å². The van der Waals surface area contributed by atoms with Crippen molar-refractivity contribution in [3.8, 4) is 0 Å². The summed E-state index contributed by atoms with van der Waals surface area (Å²) in [5.41, 5.74) is -0.366. The molecule has 1 N–H and O–H groups in total. The maximum atomic E-state index is 5.73. The summed E-state index contributed by atoms with van der Waals surface area (Å²) < 4.78 is 5.73. The van der Waals surface area contributed by atoms with Gasteiger partial charge in [-0.1, -0.05) is 13.8 Å². The van der Waals surface area contributed by atoms with E-state index in [1.54, 1.807) is 0 Å². The number of rotatable bonds is 5. The van der Waals surface area contributed by atoms with Gasteiger partial charge in [-0.15, -0.1) is 5.10 Å². The SMILES string of the molecule is CCOC(CC)(CC)c1nc(Cl)n[nH]1. The smallest absolute Gasteiger partial charge is 0.242 e. The molecule has 0 aromatic carbocycles. The zero-order valence-electron chi connectivity index (χ0n) is 8.80. The van der Waals surface area contributed by atoms with Crippen LogP contribution in [0.4, 0.5) is 0 Å². The molecule has 0 unspecified atom stereocenters. The Morgan fingerprint density at radius 3 is 2.36 bits per heavy atom. The van der Waals surface area contributed by atoms with E-state index >= 15 is 0 Å². The number of aromatic nitrogens is 3. The van der Waals surface area contributed by atoms with Gasteiger partial charge in [-0.05, 0) is 31.4 Å². The Labute approximate surface area is 89.0 Å². The average Bonchev–Trinajstić information content (AvgIpc) is 2.62. The molecule has 80 valence electrons. The summed E-state index contributed by atoms with van der Waals surface area (Å²) in [6.07, 6.45) is 1.70. The van der Waals surface area contributed by atoms with Crippen molar-refractivity contribution < 1.29 is 4.74 Å². The highest BCUT2D eigenvalue weighted by molar-refractivity contribution is 6.28. The largest absolute Gasteiger partial charge is 0.367 e. The van der Waals surface area contributed by atoms with Crippen molar-refractivity contribution in [3.63, 3.8) is 0 Å². The normalized spacial score (nSPS) is 12.0. The molecule has 0 amide bonds. The second kappa shape index (κ2) is 4.75. The molecule has 0 aliphatic heterocycles. The van der Waals surface area contributed by atoms with Gasteiger partial charge in [0.2, 0.25) is 5.28 Å². The summed E-state index contributed by atoms with van der Waals surface area (Å²) in [4.78, 5) is 4.12. The molecule has 0 radical (unpaired) electrons. The van der Waals surface area contributed by atoms with Gasteiger partial charge in [-0.25, -0.2) is 0 Å². The predicted molar refractivity (Wildman–Crippen MR) is 55.3 cm³/mol. The maximum Gasteiger partial charge on any atom is 0.242 e. The molecule has 0 aliphatic carbocycles. The molecule has 0 fully saturated rings. The van der Waals surface area contributed by atoms with Gasteiger partial charge in [-0.3, -0.25) is 5.10 Å². The van der Waals surface area contributed by atoms with E-state index in [1.165, 1.54) is 0 Å². The van der Waals surface area contributed by atoms with E-state index in [2.05, 4.69) is 29.0 Å². The molecule has 1 rings (SSSR count). The highest BCUT2D eigenvalue weighted by atomic mass is 35.5. The number of ether oxygens (including phenoxy) is 1. The van der Waals surface area contributed by atoms with E-state index in [9.17, 15) is 0 Å². The van der Waals surface area contributed by atoms with Gasteiger partial charge >= 0.3 is 0 Å². The van der Waals surface area contributed by atoms with Crippen LogP contribution in [-0.4, -0.2) is 21.8 Å². The monoisotopic (exact) mass is 217 g/mol. The maximum absolute atomic E-state index is 5.73. The van der Waals surface area contributed by atoms with Crippen molar-refractivity contribution in [1.29, 1.82) is 0 Å². The predicted octanol–water partition coefficient (Wildman–Crippen LogP) is 2.51. The summed E-state index contributed by atoms with van der Waals surface area (Å²) in [5, 5.41) is 6.87. The van der Waals surface area contributed by atoms with E-state index in [4.69, 9.17) is 16.3 Å². The lowest BCUT2D eigenvalue weighted by molar-refractivity contribution is -0.0569. The van der Waals surface area contributed by atoms with Crippen molar-refractivity contribution in [2.45, 2.75) is 39.2 Å². The molecule has 0 bridgehead atoms. The van der Waals surface area contributed by atoms with Gasteiger partial charge in [0.1, 0.15) is 5.60 Å². The first-order chi connectivity index (χ1) is 6.68. The third-order valence-corrected chi connectivity index (χ3v) is 2.62. The Balaban J connectivity index is 2.97. The lowest BCUT2D eigenvalue weighted by Crippen LogP contribution is -2.29. The average molecular weight is 218 g/mol. The first-order valence-electron chi connectivity index (χ1n) is 4.90. The minimum absolute atomic E-state index is 0.242. The number of nitrogens with zero attached hydrogens (tertiary/aromatic N) is 2. The minimum atomic E-state index is -0.366. The molecule has 0 saturated heterocycles. The highest BCUT2D eigenvalue weighted by Gasteiger charge is 2.32. The van der Waals surface area contributed by atoms with E-state index in [-0.39, 0.29) is 10.9 Å². The van der Waals surface area contributed by atoms with Gasteiger partial charge in [0.05, 0.1) is 0 Å². The molecule has 0 atom stereocenters. The lowest BCUT2D eigenvalue weighted by Gasteiger charge is -2.28. The van der Waals surface area contributed by atoms with Crippen LogP contribution in [0.25, 0.3) is 0 Å². The summed E-state index contributed by atoms with van der Waals surface area (Å²) in [7, 11) is 0. The van der Waals surface area contributed by atoms with E-state index in [1.807, 2.05) is 6.92 Å². The second-order valence-corrected chi connectivity index (χ2v) is 3.43. The van der Waals surface area contributed by atoms with Crippen molar-refractivity contribution in [2.24, 2.45) is 0 Å². The molecule has 1 aromatic heterocycles. The molecule has 0 saturated carbocycles. The number of hydrogen-bond acceptors (Lipinski definition) is 3. The quantitative estimate of drug-likeness (QED) is 0.825. The summed E-state index contributed by atoms with van der Waals surface area (Å²) in [5.74, 6) is 0.717. The third-order valence-electron chi connectivity index (χ3n) is 2.45. The summed E-state index contributed by atoms with van der Waals surface area (Å²) in [6.45, 7) is 6.75. The highest BCUT2D eigenvalue weighted by Crippen LogP contribution is 2.30. The number of halogens is 1. The standard InChI is InChI=1S/C9H16ClN3O/c1-4-9(5-2,14-6-3)7-11-8(10)13-12-7/h4-6H2,1-3H3,(H,11,12,13). The van der Waals surface area contributed by atoms with Crippen LogP contribution in [0.1, 0.15) is 39.4 Å². The first kappa shape index (κ1) is 11.5. The Hall–Kier alpha value is -0.610. The lowest BCUT2D eigenvalue weighted by atomic mass is 9.96. The van der Waals surface area contributed by atoms with Gasteiger partial charge < -0.3 is 4.74 Å². The van der Waals surface area contributed by atoms with E-state index in [0.717, 1.165) is 12.8 Å². The van der Waals surface area contributed by atoms with Gasteiger partial charge in [0.25, 0.3) is 0 Å². The molecule has 4 nitrogen and oxygen atoms in total. The van der Waals surface area contributed by atoms with Crippen LogP contribution in [0.2, 0.25) is 5.28 Å².